The molecule has 152 valence electrons. The van der Waals surface area contributed by atoms with Gasteiger partial charge >= 0.3 is 0 Å². The third kappa shape index (κ3) is 5.42. The number of aromatic nitrogens is 1. The van der Waals surface area contributed by atoms with Crippen LogP contribution in [0.2, 0.25) is 0 Å². The van der Waals surface area contributed by atoms with Crippen LogP contribution in [0, 0.1) is 0 Å². The van der Waals surface area contributed by atoms with Crippen molar-refractivity contribution < 1.29 is 19.1 Å². The molecule has 8 nitrogen and oxygen atoms in total. The summed E-state index contributed by atoms with van der Waals surface area (Å²) in [4.78, 5) is 39.9. The van der Waals surface area contributed by atoms with Crippen molar-refractivity contribution in [3.63, 3.8) is 0 Å². The van der Waals surface area contributed by atoms with Crippen molar-refractivity contribution >= 4 is 33.7 Å². The topological polar surface area (TPSA) is 109 Å². The molecule has 0 aliphatic rings. The second-order valence-electron chi connectivity index (χ2n) is 6.00. The molecule has 3 rings (SSSR count). The lowest BCUT2D eigenvalue weighted by Gasteiger charge is -2.09. The molecule has 0 spiro atoms. The van der Waals surface area contributed by atoms with Gasteiger partial charge in [0.15, 0.2) is 0 Å². The van der Waals surface area contributed by atoms with Crippen molar-refractivity contribution in [1.82, 2.24) is 21.2 Å². The predicted molar refractivity (Wildman–Crippen MR) is 113 cm³/mol. The summed E-state index contributed by atoms with van der Waals surface area (Å²) >= 11 is 3.29. The quantitative estimate of drug-likeness (QED) is 0.498. The van der Waals surface area contributed by atoms with Gasteiger partial charge in [0.2, 0.25) is 0 Å². The van der Waals surface area contributed by atoms with E-state index < -0.39 is 11.8 Å². The minimum atomic E-state index is -0.474. The van der Waals surface area contributed by atoms with Crippen LogP contribution < -0.4 is 20.9 Å². The van der Waals surface area contributed by atoms with E-state index in [1.54, 1.807) is 54.6 Å². The molecule has 9 heteroatoms. The van der Waals surface area contributed by atoms with Crippen LogP contribution in [0.3, 0.4) is 0 Å². The Hall–Kier alpha value is -3.72. The number of halogens is 1. The van der Waals surface area contributed by atoms with Crippen molar-refractivity contribution in [3.05, 3.63) is 88.2 Å². The highest BCUT2D eigenvalue weighted by Crippen LogP contribution is 2.22. The van der Waals surface area contributed by atoms with Crippen LogP contribution >= 0.6 is 15.9 Å². The molecular formula is C21H17BrN4O4. The monoisotopic (exact) mass is 468 g/mol. The molecule has 3 amide bonds. The standard InChI is InChI=1S/C21H17BrN4O4/c1-23-21(29)18-12-17(10-11-24-18)30-16-8-4-14(5-9-16)20(28)26-25-19(27)13-2-6-15(22)7-3-13/h2-12H,1H3,(H,23,29)(H,25,27)(H,26,28). The number of ether oxygens (including phenoxy) is 1. The lowest BCUT2D eigenvalue weighted by Crippen LogP contribution is -2.41. The lowest BCUT2D eigenvalue weighted by atomic mass is 10.2. The number of rotatable bonds is 5. The van der Waals surface area contributed by atoms with Crippen molar-refractivity contribution in [2.45, 2.75) is 0 Å². The van der Waals surface area contributed by atoms with Crippen LogP contribution in [-0.4, -0.2) is 29.8 Å². The Kier molecular flexibility index (Phi) is 6.76. The first kappa shape index (κ1) is 21.0. The second-order valence-corrected chi connectivity index (χ2v) is 6.91. The van der Waals surface area contributed by atoms with Gasteiger partial charge in [-0.15, -0.1) is 0 Å². The molecule has 0 bridgehead atoms. The number of nitrogens with zero attached hydrogens (tertiary/aromatic N) is 1. The lowest BCUT2D eigenvalue weighted by molar-refractivity contribution is 0.0846. The molecule has 0 unspecified atom stereocenters. The van der Waals surface area contributed by atoms with Crippen LogP contribution in [-0.2, 0) is 0 Å². The van der Waals surface area contributed by atoms with Gasteiger partial charge in [-0.25, -0.2) is 0 Å². The molecule has 1 heterocycles. The maximum Gasteiger partial charge on any atom is 0.269 e. The Morgan fingerprint density at radius 1 is 0.800 bits per heavy atom. The Morgan fingerprint density at radius 2 is 1.37 bits per heavy atom. The van der Waals surface area contributed by atoms with E-state index in [0.717, 1.165) is 4.47 Å². The van der Waals surface area contributed by atoms with E-state index in [1.807, 2.05) is 0 Å². The third-order valence-corrected chi connectivity index (χ3v) is 4.47. The zero-order valence-corrected chi connectivity index (χ0v) is 17.4. The van der Waals surface area contributed by atoms with Gasteiger partial charge in [-0.3, -0.25) is 30.2 Å². The van der Waals surface area contributed by atoms with Gasteiger partial charge in [0, 0.05) is 34.9 Å². The predicted octanol–water partition coefficient (Wildman–Crippen LogP) is 3.07. The van der Waals surface area contributed by atoms with E-state index in [0.29, 0.717) is 22.6 Å². The number of benzene rings is 2. The zero-order valence-electron chi connectivity index (χ0n) is 15.8. The number of amides is 3. The summed E-state index contributed by atoms with van der Waals surface area (Å²) < 4.78 is 6.54. The van der Waals surface area contributed by atoms with E-state index in [2.05, 4.69) is 37.1 Å². The molecule has 0 aliphatic heterocycles. The number of hydrogen-bond acceptors (Lipinski definition) is 5. The van der Waals surface area contributed by atoms with Crippen LogP contribution in [0.4, 0.5) is 0 Å². The fourth-order valence-corrected chi connectivity index (χ4v) is 2.66. The molecule has 0 radical (unpaired) electrons. The molecule has 0 fully saturated rings. The van der Waals surface area contributed by atoms with Gasteiger partial charge in [-0.2, -0.15) is 0 Å². The van der Waals surface area contributed by atoms with Gasteiger partial charge in [0.25, 0.3) is 17.7 Å². The van der Waals surface area contributed by atoms with Gasteiger partial charge in [0.1, 0.15) is 17.2 Å². The minimum Gasteiger partial charge on any atom is -0.457 e. The molecule has 0 saturated heterocycles. The molecule has 3 N–H and O–H groups in total. The number of carbonyl (C=O) groups is 3. The molecule has 0 aliphatic carbocycles. The van der Waals surface area contributed by atoms with E-state index in [1.165, 1.54) is 19.3 Å². The first-order valence-corrected chi connectivity index (χ1v) is 9.58. The maximum absolute atomic E-state index is 12.2. The molecule has 0 atom stereocenters. The van der Waals surface area contributed by atoms with Crippen molar-refractivity contribution in [3.8, 4) is 11.5 Å². The van der Waals surface area contributed by atoms with Crippen LogP contribution in [0.15, 0.2) is 71.3 Å². The average molecular weight is 469 g/mol. The number of carbonyl (C=O) groups excluding carboxylic acids is 3. The fraction of sp³-hybridized carbons (Fsp3) is 0.0476. The Balaban J connectivity index is 1.58. The Morgan fingerprint density at radius 3 is 1.93 bits per heavy atom. The third-order valence-electron chi connectivity index (χ3n) is 3.94. The molecule has 3 aromatic rings. The van der Waals surface area contributed by atoms with Crippen LogP contribution in [0.25, 0.3) is 0 Å². The summed E-state index contributed by atoms with van der Waals surface area (Å²) in [6, 6.07) is 16.2. The van der Waals surface area contributed by atoms with E-state index >= 15 is 0 Å². The Labute approximate surface area is 180 Å². The zero-order chi connectivity index (χ0) is 21.5. The number of hydrazine groups is 1. The fourth-order valence-electron chi connectivity index (χ4n) is 2.40. The molecule has 0 saturated carbocycles. The van der Waals surface area contributed by atoms with Gasteiger partial charge in [0.05, 0.1) is 0 Å². The smallest absolute Gasteiger partial charge is 0.269 e. The average Bonchev–Trinajstić information content (AvgIpc) is 2.78. The first-order valence-electron chi connectivity index (χ1n) is 8.78. The van der Waals surface area contributed by atoms with Crippen LogP contribution in [0.5, 0.6) is 11.5 Å². The normalized spacial score (nSPS) is 10.1. The summed E-state index contributed by atoms with van der Waals surface area (Å²) in [5.74, 6) is -0.321. The number of nitrogens with one attached hydrogen (secondary N) is 3. The van der Waals surface area contributed by atoms with E-state index in [-0.39, 0.29) is 11.6 Å². The largest absolute Gasteiger partial charge is 0.457 e. The van der Waals surface area contributed by atoms with Gasteiger partial charge in [-0.1, -0.05) is 15.9 Å². The highest BCUT2D eigenvalue weighted by molar-refractivity contribution is 9.10. The van der Waals surface area contributed by atoms with Gasteiger partial charge < -0.3 is 10.1 Å². The summed E-state index contributed by atoms with van der Waals surface area (Å²) in [5.41, 5.74) is 5.70. The second kappa shape index (κ2) is 9.66. The van der Waals surface area contributed by atoms with E-state index in [4.69, 9.17) is 4.74 Å². The summed E-state index contributed by atoms with van der Waals surface area (Å²) in [6.07, 6.45) is 1.47. The van der Waals surface area contributed by atoms with E-state index in [9.17, 15) is 14.4 Å². The maximum atomic E-state index is 12.2. The minimum absolute atomic E-state index is 0.229. The molecule has 1 aromatic heterocycles. The summed E-state index contributed by atoms with van der Waals surface area (Å²) in [6.45, 7) is 0. The SMILES string of the molecule is CNC(=O)c1cc(Oc2ccc(C(=O)NNC(=O)c3ccc(Br)cc3)cc2)ccn1. The van der Waals surface area contributed by atoms with Crippen molar-refractivity contribution in [2.75, 3.05) is 7.05 Å². The highest BCUT2D eigenvalue weighted by atomic mass is 79.9. The van der Waals surface area contributed by atoms with Crippen molar-refractivity contribution in [2.24, 2.45) is 0 Å². The van der Waals surface area contributed by atoms with Gasteiger partial charge in [-0.05, 0) is 54.6 Å². The molecule has 2 aromatic carbocycles. The molecule has 30 heavy (non-hydrogen) atoms. The molecular weight excluding hydrogens is 452 g/mol. The number of hydrogen-bond donors (Lipinski definition) is 3. The number of pyridine rings is 1. The summed E-state index contributed by atoms with van der Waals surface area (Å²) in [7, 11) is 1.52. The van der Waals surface area contributed by atoms with Crippen LogP contribution in [0.1, 0.15) is 31.2 Å². The first-order chi connectivity index (χ1) is 14.5. The Bertz CT molecular complexity index is 1070. The van der Waals surface area contributed by atoms with Crippen molar-refractivity contribution in [1.29, 1.82) is 0 Å². The summed E-state index contributed by atoms with van der Waals surface area (Å²) in [5, 5.41) is 2.49. The highest BCUT2D eigenvalue weighted by Gasteiger charge is 2.10.